The molecule has 0 aliphatic rings. The van der Waals surface area contributed by atoms with E-state index in [1.54, 1.807) is 12.1 Å². The summed E-state index contributed by atoms with van der Waals surface area (Å²) >= 11 is 5.45. The van der Waals surface area contributed by atoms with Gasteiger partial charge in [0.2, 0.25) is 0 Å². The maximum absolute atomic E-state index is 10.6. The van der Waals surface area contributed by atoms with E-state index in [4.69, 9.17) is 12.2 Å². The molecule has 2 aromatic rings. The molecule has 0 amide bonds. The summed E-state index contributed by atoms with van der Waals surface area (Å²) in [5, 5.41) is 11.5. The Bertz CT molecular complexity index is 587. The summed E-state index contributed by atoms with van der Waals surface area (Å²) in [5.41, 5.74) is 0.116. The number of hydrogen-bond acceptors (Lipinski definition) is 3. The van der Waals surface area contributed by atoms with Crippen molar-refractivity contribution in [1.82, 2.24) is 3.56 Å². The molecule has 0 bridgehead atoms. The number of rotatable bonds is 2. The Hall–Kier alpha value is -0.971. The minimum absolute atomic E-state index is 0.116. The van der Waals surface area contributed by atoms with Gasteiger partial charge in [-0.1, -0.05) is 0 Å². The van der Waals surface area contributed by atoms with E-state index < -0.39 is 0 Å². The normalized spacial score (nSPS) is 10.7. The third kappa shape index (κ3) is 1.76. The van der Waals surface area contributed by atoms with E-state index in [1.807, 2.05) is 13.0 Å². The Morgan fingerprint density at radius 3 is 2.93 bits per heavy atom. The summed E-state index contributed by atoms with van der Waals surface area (Å²) in [7, 11) is 0. The molecule has 0 saturated carbocycles. The summed E-state index contributed by atoms with van der Waals surface area (Å²) in [4.78, 5) is 10.2. The van der Waals surface area contributed by atoms with Crippen LogP contribution >= 0.6 is 12.2 Å². The second-order valence-corrected chi connectivity index (χ2v) is 5.65. The van der Waals surface area contributed by atoms with Crippen LogP contribution in [0.3, 0.4) is 0 Å². The van der Waals surface area contributed by atoms with Crippen molar-refractivity contribution >= 4 is 42.3 Å². The van der Waals surface area contributed by atoms with Crippen molar-refractivity contribution in [3.63, 3.8) is 0 Å². The quantitative estimate of drug-likeness (QED) is 0.369. The molecule has 1 heterocycles. The van der Waals surface area contributed by atoms with Gasteiger partial charge in [0.05, 0.1) is 0 Å². The van der Waals surface area contributed by atoms with E-state index in [0.29, 0.717) is 0 Å². The van der Waals surface area contributed by atoms with Gasteiger partial charge < -0.3 is 0 Å². The second kappa shape index (κ2) is 3.89. The Kier molecular flexibility index (Phi) is 2.73. The van der Waals surface area contributed by atoms with E-state index >= 15 is 0 Å². The fraction of sp³-hybridized carbons (Fsp3) is 0.222. The topological polar surface area (TPSA) is 48.1 Å². The van der Waals surface area contributed by atoms with Crippen molar-refractivity contribution in [2.75, 3.05) is 0 Å². The van der Waals surface area contributed by atoms with Crippen LogP contribution in [0.2, 0.25) is 0 Å². The van der Waals surface area contributed by atoms with Crippen molar-refractivity contribution in [2.45, 2.75) is 13.5 Å². The van der Waals surface area contributed by atoms with Crippen LogP contribution < -0.4 is 0 Å². The molecule has 0 spiro atoms. The van der Waals surface area contributed by atoms with Gasteiger partial charge in [-0.25, -0.2) is 0 Å². The van der Waals surface area contributed by atoms with Gasteiger partial charge in [-0.3, -0.25) is 0 Å². The number of benzene rings is 1. The van der Waals surface area contributed by atoms with Gasteiger partial charge in [0, 0.05) is 0 Å². The van der Waals surface area contributed by atoms with Crippen LogP contribution in [-0.2, 0) is 6.54 Å². The zero-order valence-electron chi connectivity index (χ0n) is 7.97. The molecule has 15 heavy (non-hydrogen) atoms. The number of non-ortho nitro benzene ring substituents is 1. The molecule has 0 radical (unpaired) electrons. The average molecular weight is 287 g/mol. The predicted octanol–water partition coefficient (Wildman–Crippen LogP) is 2.36. The third-order valence-electron chi connectivity index (χ3n) is 2.13. The van der Waals surface area contributed by atoms with Crippen LogP contribution in [-0.4, -0.2) is 23.2 Å². The predicted molar refractivity (Wildman–Crippen MR) is 62.0 cm³/mol. The van der Waals surface area contributed by atoms with Crippen LogP contribution in [0.1, 0.15) is 6.92 Å². The van der Waals surface area contributed by atoms with Crippen LogP contribution in [0.4, 0.5) is 5.69 Å². The number of nitro benzene ring substituents is 1. The van der Waals surface area contributed by atoms with Crippen LogP contribution in [0.5, 0.6) is 0 Å². The number of fused-ring (bicyclic) bond motifs is 1. The van der Waals surface area contributed by atoms with Crippen molar-refractivity contribution in [3.8, 4) is 0 Å². The molecule has 0 unspecified atom stereocenters. The summed E-state index contributed by atoms with van der Waals surface area (Å²) in [6.45, 7) is 2.90. The molecule has 0 fully saturated rings. The summed E-state index contributed by atoms with van der Waals surface area (Å²) in [6, 6.07) is 4.94. The van der Waals surface area contributed by atoms with Crippen molar-refractivity contribution in [3.05, 3.63) is 33.0 Å². The van der Waals surface area contributed by atoms with Gasteiger partial charge in [0.1, 0.15) is 0 Å². The monoisotopic (exact) mass is 288 g/mol. The first-order valence-corrected chi connectivity index (χ1v) is 6.45. The standard InChI is InChI=1S/C9H8N2O2SSe/c1-2-10-9(14)7-5-6(11(12)13)3-4-8(7)15-10/h3-5H,2H2,1H3. The molecule has 0 aliphatic heterocycles. The molecule has 1 aromatic carbocycles. The number of hydrogen-bond donors (Lipinski definition) is 0. The number of nitrogens with zero attached hydrogens (tertiary/aromatic N) is 2. The Labute approximate surface area is 97.3 Å². The number of aromatic nitrogens is 1. The maximum atomic E-state index is 10.6. The Morgan fingerprint density at radius 2 is 2.33 bits per heavy atom. The number of nitro groups is 1. The van der Waals surface area contributed by atoms with Gasteiger partial charge >= 0.3 is 97.2 Å². The zero-order valence-corrected chi connectivity index (χ0v) is 10.5. The first-order valence-electron chi connectivity index (χ1n) is 4.41. The van der Waals surface area contributed by atoms with E-state index in [0.717, 1.165) is 20.8 Å². The molecule has 0 atom stereocenters. The molecule has 0 aliphatic carbocycles. The van der Waals surface area contributed by atoms with Crippen LogP contribution in [0.25, 0.3) is 9.65 Å². The summed E-state index contributed by atoms with van der Waals surface area (Å²) < 4.78 is 3.98. The Morgan fingerprint density at radius 1 is 1.60 bits per heavy atom. The fourth-order valence-electron chi connectivity index (χ4n) is 1.38. The molecule has 78 valence electrons. The molecule has 0 N–H and O–H groups in total. The van der Waals surface area contributed by atoms with Crippen molar-refractivity contribution < 1.29 is 4.92 Å². The first kappa shape index (κ1) is 10.5. The van der Waals surface area contributed by atoms with E-state index in [9.17, 15) is 10.1 Å². The molecule has 0 saturated heterocycles. The van der Waals surface area contributed by atoms with E-state index in [-0.39, 0.29) is 25.3 Å². The molecule has 1 aromatic heterocycles. The van der Waals surface area contributed by atoms with Gasteiger partial charge in [-0.2, -0.15) is 0 Å². The van der Waals surface area contributed by atoms with Gasteiger partial charge in [0.15, 0.2) is 0 Å². The van der Waals surface area contributed by atoms with E-state index in [1.165, 1.54) is 0 Å². The van der Waals surface area contributed by atoms with Gasteiger partial charge in [-0.05, 0) is 0 Å². The minimum atomic E-state index is -0.384. The first-order chi connectivity index (χ1) is 7.13. The van der Waals surface area contributed by atoms with Gasteiger partial charge in [0.25, 0.3) is 0 Å². The second-order valence-electron chi connectivity index (χ2n) is 3.03. The molecular formula is C9H8N2O2SSe. The van der Waals surface area contributed by atoms with Crippen molar-refractivity contribution in [2.24, 2.45) is 0 Å². The zero-order chi connectivity index (χ0) is 11.0. The van der Waals surface area contributed by atoms with Crippen LogP contribution in [0.15, 0.2) is 18.2 Å². The fourth-order valence-corrected chi connectivity index (χ4v) is 3.97. The van der Waals surface area contributed by atoms with Crippen LogP contribution in [0, 0.1) is 14.8 Å². The van der Waals surface area contributed by atoms with E-state index in [2.05, 4.69) is 3.56 Å². The SMILES string of the molecule is CCn1[se]c2ccc([N+](=O)[O-])cc2c1=S. The molecule has 6 heteroatoms. The average Bonchev–Trinajstić information content (AvgIpc) is 2.55. The summed E-state index contributed by atoms with van der Waals surface area (Å²) in [5.74, 6) is 0. The van der Waals surface area contributed by atoms with Gasteiger partial charge in [-0.15, -0.1) is 0 Å². The number of aryl methyl sites for hydroxylation is 1. The third-order valence-corrected chi connectivity index (χ3v) is 5.37. The Balaban J connectivity index is 2.76. The molecule has 4 nitrogen and oxygen atoms in total. The van der Waals surface area contributed by atoms with Crippen molar-refractivity contribution in [1.29, 1.82) is 0 Å². The summed E-state index contributed by atoms with van der Waals surface area (Å²) in [6.07, 6.45) is 0. The molecule has 2 rings (SSSR count). The molecular weight excluding hydrogens is 279 g/mol.